The van der Waals surface area contributed by atoms with Crippen LogP contribution in [0.5, 0.6) is 0 Å². The average molecular weight is 341 g/mol. The molecule has 0 radical (unpaired) electrons. The Kier molecular flexibility index (Phi) is 6.53. The van der Waals surface area contributed by atoms with Crippen molar-refractivity contribution in [1.29, 1.82) is 0 Å². The summed E-state index contributed by atoms with van der Waals surface area (Å²) in [5.74, 6) is -0.857. The molecule has 0 atom stereocenters. The van der Waals surface area contributed by atoms with Crippen molar-refractivity contribution in [3.05, 3.63) is 71.3 Å². The molecule has 2 rings (SSSR count). The van der Waals surface area contributed by atoms with E-state index < -0.39 is 12.0 Å². The molecule has 0 saturated heterocycles. The largest absolute Gasteiger partial charge is 0.445 e. The van der Waals surface area contributed by atoms with Crippen molar-refractivity contribution in [1.82, 2.24) is 10.6 Å². The van der Waals surface area contributed by atoms with Crippen LogP contribution in [0.1, 0.15) is 21.5 Å². The summed E-state index contributed by atoms with van der Waals surface area (Å²) in [4.78, 5) is 34.2. The van der Waals surface area contributed by atoms with Crippen molar-refractivity contribution in [3.8, 4) is 0 Å². The lowest BCUT2D eigenvalue weighted by Crippen LogP contribution is -2.36. The molecule has 0 fully saturated rings. The molecule has 25 heavy (non-hydrogen) atoms. The third-order valence-corrected chi connectivity index (χ3v) is 3.33. The van der Waals surface area contributed by atoms with Gasteiger partial charge in [0.15, 0.2) is 0 Å². The lowest BCUT2D eigenvalue weighted by atomic mass is 10.1. The number of nitrogens with two attached hydrogens (primary N) is 1. The molecule has 4 N–H and O–H groups in total. The topological polar surface area (TPSA) is 111 Å². The van der Waals surface area contributed by atoms with Gasteiger partial charge in [0.1, 0.15) is 13.2 Å². The standard InChI is InChI=1S/C18H19N3O4/c19-17(23)15-8-6-13(7-9-15)10-20-16(22)11-21-18(24)25-12-14-4-2-1-3-5-14/h1-9H,10-12H2,(H2,19,23)(H,20,22)(H,21,24). The van der Waals surface area contributed by atoms with Crippen molar-refractivity contribution in [2.45, 2.75) is 13.2 Å². The van der Waals surface area contributed by atoms with E-state index in [2.05, 4.69) is 10.6 Å². The van der Waals surface area contributed by atoms with E-state index in [4.69, 9.17) is 10.5 Å². The minimum atomic E-state index is -0.662. The van der Waals surface area contributed by atoms with E-state index in [1.165, 1.54) is 0 Å². The monoisotopic (exact) mass is 341 g/mol. The molecule has 0 aliphatic rings. The summed E-state index contributed by atoms with van der Waals surface area (Å²) in [6.45, 7) is 0.228. The Morgan fingerprint density at radius 2 is 1.56 bits per heavy atom. The predicted molar refractivity (Wildman–Crippen MR) is 91.4 cm³/mol. The van der Waals surface area contributed by atoms with Gasteiger partial charge in [-0.25, -0.2) is 4.79 Å². The number of nitrogens with one attached hydrogen (secondary N) is 2. The van der Waals surface area contributed by atoms with Crippen LogP contribution in [0.3, 0.4) is 0 Å². The molecule has 3 amide bonds. The summed E-state index contributed by atoms with van der Waals surface area (Å²) in [5.41, 5.74) is 7.23. The maximum atomic E-state index is 11.7. The van der Waals surface area contributed by atoms with Crippen LogP contribution in [0.2, 0.25) is 0 Å². The summed E-state index contributed by atoms with van der Waals surface area (Å²) >= 11 is 0. The zero-order valence-corrected chi connectivity index (χ0v) is 13.5. The van der Waals surface area contributed by atoms with E-state index in [0.717, 1.165) is 11.1 Å². The molecule has 0 saturated carbocycles. The third-order valence-electron chi connectivity index (χ3n) is 3.33. The minimum Gasteiger partial charge on any atom is -0.445 e. The summed E-state index contributed by atoms with van der Waals surface area (Å²) in [5, 5.41) is 5.03. The van der Waals surface area contributed by atoms with Crippen molar-refractivity contribution in [2.24, 2.45) is 5.73 Å². The Labute approximate surface area is 145 Å². The minimum absolute atomic E-state index is 0.139. The predicted octanol–water partition coefficient (Wildman–Crippen LogP) is 1.33. The molecule has 7 nitrogen and oxygen atoms in total. The van der Waals surface area contributed by atoms with E-state index in [-0.39, 0.29) is 25.6 Å². The van der Waals surface area contributed by atoms with Crippen molar-refractivity contribution >= 4 is 17.9 Å². The van der Waals surface area contributed by atoms with Gasteiger partial charge in [0.05, 0.1) is 0 Å². The Morgan fingerprint density at radius 1 is 0.880 bits per heavy atom. The number of ether oxygens (including phenoxy) is 1. The molecule has 0 aromatic heterocycles. The van der Waals surface area contributed by atoms with Crippen LogP contribution < -0.4 is 16.4 Å². The second-order valence-electron chi connectivity index (χ2n) is 5.25. The Hall–Kier alpha value is -3.35. The van der Waals surface area contributed by atoms with Gasteiger partial charge in [0.25, 0.3) is 0 Å². The Morgan fingerprint density at radius 3 is 2.20 bits per heavy atom. The van der Waals surface area contributed by atoms with E-state index >= 15 is 0 Å². The highest BCUT2D eigenvalue weighted by molar-refractivity contribution is 5.92. The lowest BCUT2D eigenvalue weighted by Gasteiger charge is -2.08. The lowest BCUT2D eigenvalue weighted by molar-refractivity contribution is -0.120. The first kappa shape index (κ1) is 18.0. The number of carbonyl (C=O) groups is 3. The third kappa shape index (κ3) is 6.34. The normalized spacial score (nSPS) is 9.92. The Balaban J connectivity index is 1.66. The molecule has 0 bridgehead atoms. The molecule has 0 aliphatic heterocycles. The number of rotatable bonds is 7. The number of alkyl carbamates (subject to hydrolysis) is 1. The van der Waals surface area contributed by atoms with Gasteiger partial charge in [-0.15, -0.1) is 0 Å². The van der Waals surface area contributed by atoms with Crippen molar-refractivity contribution in [3.63, 3.8) is 0 Å². The first-order valence-electron chi connectivity index (χ1n) is 7.64. The smallest absolute Gasteiger partial charge is 0.407 e. The number of benzene rings is 2. The fraction of sp³-hybridized carbons (Fsp3) is 0.167. The number of hydrogen-bond acceptors (Lipinski definition) is 4. The molecule has 0 aliphatic carbocycles. The number of amides is 3. The van der Waals surface area contributed by atoms with Crippen LogP contribution in [0.15, 0.2) is 54.6 Å². The van der Waals surface area contributed by atoms with Crippen LogP contribution in [-0.2, 0) is 22.7 Å². The maximum absolute atomic E-state index is 11.7. The zero-order valence-electron chi connectivity index (χ0n) is 13.5. The fourth-order valence-corrected chi connectivity index (χ4v) is 1.98. The van der Waals surface area contributed by atoms with Gasteiger partial charge in [-0.2, -0.15) is 0 Å². The molecular formula is C18H19N3O4. The highest BCUT2D eigenvalue weighted by Gasteiger charge is 2.07. The van der Waals surface area contributed by atoms with E-state index in [1.54, 1.807) is 24.3 Å². The zero-order chi connectivity index (χ0) is 18.1. The van der Waals surface area contributed by atoms with Gasteiger partial charge >= 0.3 is 6.09 Å². The first-order chi connectivity index (χ1) is 12.0. The summed E-state index contributed by atoms with van der Waals surface area (Å²) in [7, 11) is 0. The van der Waals surface area contributed by atoms with Crippen LogP contribution in [0.4, 0.5) is 4.79 Å². The number of primary amides is 1. The van der Waals surface area contributed by atoms with Gasteiger partial charge in [-0.1, -0.05) is 42.5 Å². The molecule has 130 valence electrons. The first-order valence-corrected chi connectivity index (χ1v) is 7.64. The summed E-state index contributed by atoms with van der Waals surface area (Å²) in [6, 6.07) is 15.8. The van der Waals surface area contributed by atoms with Gasteiger partial charge < -0.3 is 21.1 Å². The van der Waals surface area contributed by atoms with Crippen LogP contribution >= 0.6 is 0 Å². The molecule has 2 aromatic carbocycles. The second-order valence-corrected chi connectivity index (χ2v) is 5.25. The van der Waals surface area contributed by atoms with E-state index in [9.17, 15) is 14.4 Å². The highest BCUT2D eigenvalue weighted by atomic mass is 16.5. The van der Waals surface area contributed by atoms with Crippen LogP contribution in [0, 0.1) is 0 Å². The van der Waals surface area contributed by atoms with Crippen LogP contribution in [-0.4, -0.2) is 24.5 Å². The SMILES string of the molecule is NC(=O)c1ccc(CNC(=O)CNC(=O)OCc2ccccc2)cc1. The second kappa shape index (κ2) is 9.07. The average Bonchev–Trinajstić information content (AvgIpc) is 2.64. The molecule has 0 spiro atoms. The quantitative estimate of drug-likeness (QED) is 0.705. The van der Waals surface area contributed by atoms with E-state index in [1.807, 2.05) is 30.3 Å². The maximum Gasteiger partial charge on any atom is 0.407 e. The Bertz CT molecular complexity index is 730. The highest BCUT2D eigenvalue weighted by Crippen LogP contribution is 2.03. The van der Waals surface area contributed by atoms with Gasteiger partial charge in [-0.3, -0.25) is 9.59 Å². The van der Waals surface area contributed by atoms with Crippen LogP contribution in [0.25, 0.3) is 0 Å². The van der Waals surface area contributed by atoms with Crippen molar-refractivity contribution in [2.75, 3.05) is 6.54 Å². The van der Waals surface area contributed by atoms with Gasteiger partial charge in [0, 0.05) is 12.1 Å². The van der Waals surface area contributed by atoms with Gasteiger partial charge in [-0.05, 0) is 23.3 Å². The number of hydrogen-bond donors (Lipinski definition) is 3. The molecule has 2 aromatic rings. The molecule has 7 heteroatoms. The summed E-state index contributed by atoms with van der Waals surface area (Å²) < 4.78 is 5.00. The fourth-order valence-electron chi connectivity index (χ4n) is 1.98. The molecular weight excluding hydrogens is 322 g/mol. The summed E-state index contributed by atoms with van der Waals surface area (Å²) in [6.07, 6.45) is -0.662. The number of carbonyl (C=O) groups excluding carboxylic acids is 3. The molecule has 0 unspecified atom stereocenters. The van der Waals surface area contributed by atoms with Gasteiger partial charge in [0.2, 0.25) is 11.8 Å². The van der Waals surface area contributed by atoms with E-state index in [0.29, 0.717) is 5.56 Å². The van der Waals surface area contributed by atoms with Crippen molar-refractivity contribution < 1.29 is 19.1 Å². The molecule has 0 heterocycles.